The third-order valence-electron chi connectivity index (χ3n) is 3.89. The first-order chi connectivity index (χ1) is 6.70. The Morgan fingerprint density at radius 1 is 1.07 bits per heavy atom. The molecule has 0 nitrogen and oxygen atoms in total. The Hall–Kier alpha value is -0.590. The highest BCUT2D eigenvalue weighted by Gasteiger charge is 2.30. The second kappa shape index (κ2) is 3.88. The van der Waals surface area contributed by atoms with E-state index in [4.69, 9.17) is 0 Å². The van der Waals surface area contributed by atoms with Crippen molar-refractivity contribution in [2.24, 2.45) is 11.8 Å². The predicted molar refractivity (Wildman–Crippen MR) is 57.6 cm³/mol. The first-order valence-electron chi connectivity index (χ1n) is 5.74. The Morgan fingerprint density at radius 2 is 1.71 bits per heavy atom. The van der Waals surface area contributed by atoms with Gasteiger partial charge in [0.25, 0.3) is 0 Å². The highest BCUT2D eigenvalue weighted by molar-refractivity contribution is 5.31. The van der Waals surface area contributed by atoms with E-state index in [0.29, 0.717) is 11.8 Å². The van der Waals surface area contributed by atoms with Crippen LogP contribution in [0.15, 0.2) is 23.0 Å². The third-order valence-corrected chi connectivity index (χ3v) is 3.89. The largest absolute Gasteiger partial charge is 0.207 e. The average Bonchev–Trinajstić information content (AvgIpc) is 2.39. The lowest BCUT2D eigenvalue weighted by Crippen LogP contribution is -2.19. The molecule has 1 fully saturated rings. The van der Waals surface area contributed by atoms with Crippen LogP contribution in [0.4, 0.5) is 4.39 Å². The van der Waals surface area contributed by atoms with E-state index < -0.39 is 0 Å². The van der Waals surface area contributed by atoms with Gasteiger partial charge in [0.05, 0.1) is 0 Å². The molecule has 0 saturated heterocycles. The Balaban J connectivity index is 2.30. The molecule has 0 amide bonds. The van der Waals surface area contributed by atoms with Crippen molar-refractivity contribution in [2.45, 2.75) is 46.0 Å². The molecular weight excluding hydrogens is 175 g/mol. The number of halogens is 1. The van der Waals surface area contributed by atoms with Crippen molar-refractivity contribution in [1.82, 2.24) is 0 Å². The summed E-state index contributed by atoms with van der Waals surface area (Å²) in [6, 6.07) is 0. The lowest BCUT2D eigenvalue weighted by Gasteiger charge is -2.30. The summed E-state index contributed by atoms with van der Waals surface area (Å²) < 4.78 is 13.5. The van der Waals surface area contributed by atoms with Crippen molar-refractivity contribution in [3.63, 3.8) is 0 Å². The van der Waals surface area contributed by atoms with Crippen LogP contribution >= 0.6 is 0 Å². The lowest BCUT2D eigenvalue weighted by molar-refractivity contribution is 0.386. The van der Waals surface area contributed by atoms with Crippen LogP contribution in [0.5, 0.6) is 0 Å². The summed E-state index contributed by atoms with van der Waals surface area (Å²) in [5, 5.41) is 0. The first-order valence-corrected chi connectivity index (χ1v) is 5.74. The zero-order valence-electron chi connectivity index (χ0n) is 9.15. The van der Waals surface area contributed by atoms with Crippen LogP contribution < -0.4 is 0 Å². The number of rotatable bonds is 0. The van der Waals surface area contributed by atoms with Gasteiger partial charge in [0.15, 0.2) is 0 Å². The maximum Gasteiger partial charge on any atom is 0.122 e. The summed E-state index contributed by atoms with van der Waals surface area (Å²) in [5.41, 5.74) is 2.27. The molecule has 78 valence electrons. The molecular formula is C13H19F. The van der Waals surface area contributed by atoms with Crippen molar-refractivity contribution in [1.29, 1.82) is 0 Å². The molecule has 0 radical (unpaired) electrons. The molecule has 0 aromatic rings. The van der Waals surface area contributed by atoms with E-state index in [-0.39, 0.29) is 5.83 Å². The van der Waals surface area contributed by atoms with Gasteiger partial charge in [-0.1, -0.05) is 24.8 Å². The lowest BCUT2D eigenvalue weighted by atomic mass is 9.75. The van der Waals surface area contributed by atoms with E-state index in [0.717, 1.165) is 5.57 Å². The summed E-state index contributed by atoms with van der Waals surface area (Å²) in [4.78, 5) is 0. The topological polar surface area (TPSA) is 0 Å². The van der Waals surface area contributed by atoms with Crippen molar-refractivity contribution >= 4 is 0 Å². The van der Waals surface area contributed by atoms with Gasteiger partial charge in [0.2, 0.25) is 0 Å². The van der Waals surface area contributed by atoms with Crippen molar-refractivity contribution < 1.29 is 4.39 Å². The number of hydrogen-bond donors (Lipinski definition) is 0. The van der Waals surface area contributed by atoms with Gasteiger partial charge < -0.3 is 0 Å². The molecule has 0 heterocycles. The molecule has 0 aliphatic heterocycles. The van der Waals surface area contributed by atoms with E-state index in [1.807, 2.05) is 6.92 Å². The zero-order valence-corrected chi connectivity index (χ0v) is 9.15. The van der Waals surface area contributed by atoms with E-state index >= 15 is 0 Å². The van der Waals surface area contributed by atoms with Gasteiger partial charge in [-0.15, -0.1) is 0 Å². The monoisotopic (exact) mass is 194 g/mol. The normalized spacial score (nSPS) is 33.5. The zero-order chi connectivity index (χ0) is 10.1. The van der Waals surface area contributed by atoms with Gasteiger partial charge in [-0.05, 0) is 50.2 Å². The van der Waals surface area contributed by atoms with Crippen LogP contribution in [0.2, 0.25) is 0 Å². The van der Waals surface area contributed by atoms with E-state index in [2.05, 4.69) is 6.92 Å². The molecule has 2 unspecified atom stereocenters. The predicted octanol–water partition coefficient (Wildman–Crippen LogP) is 4.39. The molecule has 1 heteroatoms. The summed E-state index contributed by atoms with van der Waals surface area (Å²) in [6.45, 7) is 4.07. The summed E-state index contributed by atoms with van der Waals surface area (Å²) >= 11 is 0. The quantitative estimate of drug-likeness (QED) is 0.536. The molecule has 2 rings (SSSR count). The third kappa shape index (κ3) is 1.65. The van der Waals surface area contributed by atoms with Gasteiger partial charge >= 0.3 is 0 Å². The summed E-state index contributed by atoms with van der Waals surface area (Å²) in [6.07, 6.45) is 8.13. The fourth-order valence-corrected chi connectivity index (χ4v) is 2.97. The molecule has 0 bridgehead atoms. The van der Waals surface area contributed by atoms with Crippen molar-refractivity contribution in [3.8, 4) is 0 Å². The standard InChI is InChI=1S/C13H19F/c1-9-8-13(14)10(2)12-7-5-3-4-6-11(9)12/h8,11-12H,3-7H2,1-2H3. The molecule has 0 aromatic carbocycles. The Bertz CT molecular complexity index is 286. The van der Waals surface area contributed by atoms with Gasteiger partial charge in [-0.2, -0.15) is 0 Å². The minimum Gasteiger partial charge on any atom is -0.207 e. The van der Waals surface area contributed by atoms with Crippen LogP contribution in [0.3, 0.4) is 0 Å². The minimum absolute atomic E-state index is 0.0330. The fourth-order valence-electron chi connectivity index (χ4n) is 2.97. The molecule has 14 heavy (non-hydrogen) atoms. The molecule has 2 aliphatic rings. The second-order valence-corrected chi connectivity index (χ2v) is 4.77. The van der Waals surface area contributed by atoms with Crippen LogP contribution in [0.1, 0.15) is 46.0 Å². The Labute approximate surface area is 85.9 Å². The van der Waals surface area contributed by atoms with Gasteiger partial charge in [-0.25, -0.2) is 4.39 Å². The molecule has 1 saturated carbocycles. The summed E-state index contributed by atoms with van der Waals surface area (Å²) in [5.74, 6) is 1.17. The first kappa shape index (κ1) is 9.95. The molecule has 2 aliphatic carbocycles. The maximum atomic E-state index is 13.5. The van der Waals surface area contributed by atoms with Crippen molar-refractivity contribution in [3.05, 3.63) is 23.0 Å². The molecule has 0 N–H and O–H groups in total. The van der Waals surface area contributed by atoms with Gasteiger partial charge in [0.1, 0.15) is 5.83 Å². The molecule has 2 atom stereocenters. The maximum absolute atomic E-state index is 13.5. The SMILES string of the molecule is CC1=CC(F)=C(C)C2CCCCCC12. The average molecular weight is 194 g/mol. The molecule has 0 aromatic heterocycles. The van der Waals surface area contributed by atoms with E-state index in [1.54, 1.807) is 6.08 Å². The van der Waals surface area contributed by atoms with Crippen molar-refractivity contribution in [2.75, 3.05) is 0 Å². The van der Waals surface area contributed by atoms with Crippen LogP contribution in [0, 0.1) is 11.8 Å². The van der Waals surface area contributed by atoms with E-state index in [1.165, 1.54) is 37.7 Å². The minimum atomic E-state index is 0.0330. The van der Waals surface area contributed by atoms with Gasteiger partial charge in [0, 0.05) is 0 Å². The Morgan fingerprint density at radius 3 is 2.43 bits per heavy atom. The summed E-state index contributed by atoms with van der Waals surface area (Å²) in [7, 11) is 0. The Kier molecular flexibility index (Phi) is 2.76. The second-order valence-electron chi connectivity index (χ2n) is 4.77. The van der Waals surface area contributed by atoms with Crippen LogP contribution in [0.25, 0.3) is 0 Å². The number of allylic oxidation sites excluding steroid dienone is 4. The van der Waals surface area contributed by atoms with E-state index in [9.17, 15) is 4.39 Å². The van der Waals surface area contributed by atoms with Gasteiger partial charge in [-0.3, -0.25) is 0 Å². The van der Waals surface area contributed by atoms with Crippen LogP contribution in [-0.2, 0) is 0 Å². The fraction of sp³-hybridized carbons (Fsp3) is 0.692. The highest BCUT2D eigenvalue weighted by atomic mass is 19.1. The molecule has 0 spiro atoms. The highest BCUT2D eigenvalue weighted by Crippen LogP contribution is 2.42. The smallest absolute Gasteiger partial charge is 0.122 e. The number of fused-ring (bicyclic) bond motifs is 1. The number of hydrogen-bond acceptors (Lipinski definition) is 0. The van der Waals surface area contributed by atoms with Crippen LogP contribution in [-0.4, -0.2) is 0 Å².